The van der Waals surface area contributed by atoms with Crippen molar-refractivity contribution in [3.63, 3.8) is 0 Å². The highest BCUT2D eigenvalue weighted by molar-refractivity contribution is 6.31. The Morgan fingerprint density at radius 1 is 1.14 bits per heavy atom. The molecule has 2 aromatic carbocycles. The zero-order chi connectivity index (χ0) is 20.5. The number of carbonyl (C=O) groups is 1. The molecule has 0 unspecified atom stereocenters. The summed E-state index contributed by atoms with van der Waals surface area (Å²) < 4.78 is 2.83. The fraction of sp³-hybridized carbons (Fsp3) is 0.150. The van der Waals surface area contributed by atoms with E-state index in [9.17, 15) is 9.59 Å². The summed E-state index contributed by atoms with van der Waals surface area (Å²) in [5.41, 5.74) is 0.958. The number of hydrogen-bond acceptors (Lipinski definition) is 5. The van der Waals surface area contributed by atoms with Crippen LogP contribution in [0.5, 0.6) is 0 Å². The van der Waals surface area contributed by atoms with E-state index in [0.29, 0.717) is 27.2 Å². The first-order chi connectivity index (χ1) is 14.0. The molecule has 146 valence electrons. The van der Waals surface area contributed by atoms with Crippen molar-refractivity contribution in [3.8, 4) is 5.69 Å². The number of rotatable bonds is 4. The Hall–Kier alpha value is -3.52. The Morgan fingerprint density at radius 2 is 1.90 bits per heavy atom. The number of anilines is 1. The number of nitrogens with one attached hydrogen (secondary N) is 1. The minimum Gasteiger partial charge on any atom is -0.319 e. The molecule has 29 heavy (non-hydrogen) atoms. The van der Waals surface area contributed by atoms with Gasteiger partial charge in [0, 0.05) is 10.4 Å². The maximum absolute atomic E-state index is 13.2. The fourth-order valence-electron chi connectivity index (χ4n) is 3.05. The van der Waals surface area contributed by atoms with Gasteiger partial charge < -0.3 is 5.32 Å². The van der Waals surface area contributed by atoms with Crippen LogP contribution in [0, 0.1) is 0 Å². The van der Waals surface area contributed by atoms with E-state index in [1.807, 2.05) is 13.8 Å². The second kappa shape index (κ2) is 7.48. The summed E-state index contributed by atoms with van der Waals surface area (Å²) in [6.45, 7) is 3.68. The quantitative estimate of drug-likeness (QED) is 0.558. The largest absolute Gasteiger partial charge is 0.319 e. The van der Waals surface area contributed by atoms with E-state index in [1.54, 1.807) is 42.5 Å². The number of fused-ring (bicyclic) bond motifs is 1. The van der Waals surface area contributed by atoms with Crippen molar-refractivity contribution >= 4 is 34.0 Å². The van der Waals surface area contributed by atoms with Crippen LogP contribution in [0.1, 0.15) is 30.4 Å². The molecule has 4 aromatic rings. The SMILES string of the molecule is CC(C)n1nc(C(=O)Nc2cc(Cl)ccc2-n2cncn2)c2ccccc2c1=O. The van der Waals surface area contributed by atoms with Crippen LogP contribution in [0.2, 0.25) is 5.02 Å². The Bertz CT molecular complexity index is 1260. The molecule has 1 N–H and O–H groups in total. The normalized spacial score (nSPS) is 11.2. The summed E-state index contributed by atoms with van der Waals surface area (Å²) >= 11 is 6.13. The first-order valence-electron chi connectivity index (χ1n) is 8.93. The molecule has 0 atom stereocenters. The zero-order valence-electron chi connectivity index (χ0n) is 15.7. The molecule has 0 aliphatic heterocycles. The van der Waals surface area contributed by atoms with Gasteiger partial charge in [0.05, 0.1) is 22.8 Å². The van der Waals surface area contributed by atoms with Crippen molar-refractivity contribution in [2.45, 2.75) is 19.9 Å². The van der Waals surface area contributed by atoms with Gasteiger partial charge >= 0.3 is 0 Å². The van der Waals surface area contributed by atoms with Crippen molar-refractivity contribution in [2.24, 2.45) is 0 Å². The van der Waals surface area contributed by atoms with Gasteiger partial charge in [0.1, 0.15) is 12.7 Å². The van der Waals surface area contributed by atoms with Gasteiger partial charge in [-0.25, -0.2) is 14.3 Å². The molecule has 2 heterocycles. The second-order valence-electron chi connectivity index (χ2n) is 6.69. The fourth-order valence-corrected chi connectivity index (χ4v) is 3.22. The molecule has 1 amide bonds. The minimum atomic E-state index is -0.459. The van der Waals surface area contributed by atoms with Crippen molar-refractivity contribution in [1.29, 1.82) is 0 Å². The number of nitrogens with zero attached hydrogens (tertiary/aromatic N) is 5. The maximum atomic E-state index is 13.2. The summed E-state index contributed by atoms with van der Waals surface area (Å²) in [6.07, 6.45) is 2.92. The smallest absolute Gasteiger partial charge is 0.276 e. The molecule has 0 fully saturated rings. The third kappa shape index (κ3) is 3.50. The highest BCUT2D eigenvalue weighted by Crippen LogP contribution is 2.25. The molecule has 0 saturated heterocycles. The van der Waals surface area contributed by atoms with Gasteiger partial charge in [-0.1, -0.05) is 29.8 Å². The molecular weight excluding hydrogens is 392 g/mol. The van der Waals surface area contributed by atoms with Crippen LogP contribution in [0.15, 0.2) is 59.9 Å². The Balaban J connectivity index is 1.83. The van der Waals surface area contributed by atoms with Gasteiger partial charge in [0.15, 0.2) is 5.69 Å². The Kier molecular flexibility index (Phi) is 4.85. The molecule has 2 aromatic heterocycles. The van der Waals surface area contributed by atoms with Crippen LogP contribution in [0.3, 0.4) is 0 Å². The van der Waals surface area contributed by atoms with E-state index in [2.05, 4.69) is 20.5 Å². The molecule has 9 heteroatoms. The molecule has 0 bridgehead atoms. The zero-order valence-corrected chi connectivity index (χ0v) is 16.5. The van der Waals surface area contributed by atoms with E-state index in [1.165, 1.54) is 22.0 Å². The van der Waals surface area contributed by atoms with Gasteiger partial charge in [-0.15, -0.1) is 0 Å². The lowest BCUT2D eigenvalue weighted by Gasteiger charge is -2.15. The Morgan fingerprint density at radius 3 is 2.59 bits per heavy atom. The number of benzene rings is 2. The van der Waals surface area contributed by atoms with Gasteiger partial charge in [-0.3, -0.25) is 9.59 Å². The highest BCUT2D eigenvalue weighted by Gasteiger charge is 2.19. The number of amides is 1. The van der Waals surface area contributed by atoms with Crippen LogP contribution >= 0.6 is 11.6 Å². The predicted octanol–water partition coefficient (Wildman–Crippen LogP) is 3.46. The summed E-state index contributed by atoms with van der Waals surface area (Å²) in [5, 5.41) is 12.7. The lowest BCUT2D eigenvalue weighted by molar-refractivity contribution is 0.102. The van der Waals surface area contributed by atoms with Crippen molar-refractivity contribution in [2.75, 3.05) is 5.32 Å². The van der Waals surface area contributed by atoms with E-state index >= 15 is 0 Å². The third-order valence-electron chi connectivity index (χ3n) is 4.40. The second-order valence-corrected chi connectivity index (χ2v) is 7.13. The van der Waals surface area contributed by atoms with Gasteiger partial charge in [0.2, 0.25) is 0 Å². The van der Waals surface area contributed by atoms with Crippen LogP contribution in [0.25, 0.3) is 16.5 Å². The first kappa shape index (κ1) is 18.8. The number of aromatic nitrogens is 5. The van der Waals surface area contributed by atoms with E-state index in [0.717, 1.165) is 0 Å². The van der Waals surface area contributed by atoms with Gasteiger partial charge in [-0.05, 0) is 38.1 Å². The molecule has 4 rings (SSSR count). The standard InChI is InChI=1S/C20H17ClN6O2/c1-12(2)27-20(29)15-6-4-3-5-14(15)18(25-27)19(28)24-16-9-13(21)7-8-17(16)26-11-22-10-23-26/h3-12H,1-2H3,(H,24,28). The minimum absolute atomic E-state index is 0.151. The molecular formula is C20H17ClN6O2. The van der Waals surface area contributed by atoms with Crippen LogP contribution < -0.4 is 10.9 Å². The van der Waals surface area contributed by atoms with Crippen molar-refractivity contribution in [1.82, 2.24) is 24.5 Å². The molecule has 0 radical (unpaired) electrons. The molecule has 0 saturated carbocycles. The highest BCUT2D eigenvalue weighted by atomic mass is 35.5. The average molecular weight is 409 g/mol. The van der Waals surface area contributed by atoms with E-state index < -0.39 is 5.91 Å². The first-order valence-corrected chi connectivity index (χ1v) is 9.31. The summed E-state index contributed by atoms with van der Waals surface area (Å²) in [6, 6.07) is 11.8. The monoisotopic (exact) mass is 408 g/mol. The lowest BCUT2D eigenvalue weighted by Crippen LogP contribution is -2.29. The summed E-state index contributed by atoms with van der Waals surface area (Å²) in [5.74, 6) is -0.459. The third-order valence-corrected chi connectivity index (χ3v) is 4.64. The summed E-state index contributed by atoms with van der Waals surface area (Å²) in [7, 11) is 0. The van der Waals surface area contributed by atoms with Crippen LogP contribution in [-0.2, 0) is 0 Å². The molecule has 0 aliphatic carbocycles. The van der Waals surface area contributed by atoms with Gasteiger partial charge in [-0.2, -0.15) is 10.2 Å². The Labute approximate surface area is 170 Å². The van der Waals surface area contributed by atoms with Crippen LogP contribution in [0.4, 0.5) is 5.69 Å². The van der Waals surface area contributed by atoms with E-state index in [-0.39, 0.29) is 17.3 Å². The topological polar surface area (TPSA) is 94.7 Å². The number of halogens is 1. The van der Waals surface area contributed by atoms with E-state index in [4.69, 9.17) is 11.6 Å². The number of carbonyl (C=O) groups excluding carboxylic acids is 1. The average Bonchev–Trinajstić information content (AvgIpc) is 3.23. The van der Waals surface area contributed by atoms with Crippen LogP contribution in [-0.4, -0.2) is 30.5 Å². The number of hydrogen-bond donors (Lipinski definition) is 1. The van der Waals surface area contributed by atoms with Crippen molar-refractivity contribution in [3.05, 3.63) is 76.2 Å². The summed E-state index contributed by atoms with van der Waals surface area (Å²) in [4.78, 5) is 29.8. The predicted molar refractivity (Wildman–Crippen MR) is 111 cm³/mol. The molecule has 0 spiro atoms. The maximum Gasteiger partial charge on any atom is 0.276 e. The molecule has 0 aliphatic rings. The molecule has 8 nitrogen and oxygen atoms in total. The van der Waals surface area contributed by atoms with Crippen molar-refractivity contribution < 1.29 is 4.79 Å². The van der Waals surface area contributed by atoms with Gasteiger partial charge in [0.25, 0.3) is 11.5 Å². The lowest BCUT2D eigenvalue weighted by atomic mass is 10.1.